The van der Waals surface area contributed by atoms with Crippen molar-refractivity contribution in [3.05, 3.63) is 0 Å². The van der Waals surface area contributed by atoms with Gasteiger partial charge in [-0.25, -0.2) is 0 Å². The van der Waals surface area contributed by atoms with Gasteiger partial charge in [0.2, 0.25) is 5.79 Å². The van der Waals surface area contributed by atoms with E-state index in [1.54, 1.807) is 27.7 Å². The Hall–Kier alpha value is -1.55. The monoisotopic (exact) mass is 422 g/mol. The molecular weight excluding hydrogens is 384 g/mol. The topological polar surface area (TPSA) is 162 Å². The Morgan fingerprint density at radius 2 is 1.21 bits per heavy atom. The van der Waals surface area contributed by atoms with E-state index in [9.17, 15) is 24.6 Å². The van der Waals surface area contributed by atoms with Gasteiger partial charge in [0.1, 0.15) is 5.41 Å². The lowest BCUT2D eigenvalue weighted by molar-refractivity contribution is -0.235. The summed E-state index contributed by atoms with van der Waals surface area (Å²) < 4.78 is 4.99. The van der Waals surface area contributed by atoms with Gasteiger partial charge in [0.25, 0.3) is 0 Å². The molecule has 0 aliphatic rings. The van der Waals surface area contributed by atoms with Crippen molar-refractivity contribution in [1.29, 1.82) is 0 Å². The normalized spacial score (nSPS) is 13.3. The molecule has 0 saturated carbocycles. The van der Waals surface area contributed by atoms with Crippen LogP contribution in [0.15, 0.2) is 0 Å². The van der Waals surface area contributed by atoms with E-state index in [1.807, 2.05) is 0 Å². The Labute approximate surface area is 172 Å². The van der Waals surface area contributed by atoms with E-state index in [0.717, 1.165) is 13.8 Å². The first kappa shape index (κ1) is 29.6. The predicted octanol–water partition coefficient (Wildman–Crippen LogP) is 0.960. The Morgan fingerprint density at radius 1 is 0.793 bits per heavy atom. The van der Waals surface area contributed by atoms with Gasteiger partial charge in [0.05, 0.1) is 25.2 Å². The molecule has 0 bridgehead atoms. The molecular formula is C20H38O9. The van der Waals surface area contributed by atoms with Crippen molar-refractivity contribution in [2.24, 2.45) is 21.7 Å². The molecule has 0 spiro atoms. The van der Waals surface area contributed by atoms with Gasteiger partial charge in [-0.1, -0.05) is 34.6 Å². The van der Waals surface area contributed by atoms with Crippen LogP contribution in [0.3, 0.4) is 0 Å². The van der Waals surface area contributed by atoms with E-state index in [2.05, 4.69) is 0 Å². The number of hydrogen-bond donors (Lipinski definition) is 5. The van der Waals surface area contributed by atoms with Gasteiger partial charge in [-0.2, -0.15) is 0 Å². The Kier molecular flexibility index (Phi) is 10.2. The van der Waals surface area contributed by atoms with Crippen molar-refractivity contribution in [3.63, 3.8) is 0 Å². The quantitative estimate of drug-likeness (QED) is 0.283. The van der Waals surface area contributed by atoms with Crippen LogP contribution >= 0.6 is 0 Å². The van der Waals surface area contributed by atoms with Crippen LogP contribution in [-0.2, 0) is 19.1 Å². The first-order valence-corrected chi connectivity index (χ1v) is 9.22. The Balaban J connectivity index is 0. The Bertz CT molecular complexity index is 581. The molecule has 0 fully saturated rings. The molecule has 0 aliphatic heterocycles. The lowest BCUT2D eigenvalue weighted by atomic mass is 9.73. The van der Waals surface area contributed by atoms with Crippen LogP contribution in [0.4, 0.5) is 0 Å². The summed E-state index contributed by atoms with van der Waals surface area (Å²) in [4.78, 5) is 33.9. The number of hydrogen-bond acceptors (Lipinski definition) is 8. The SMILES string of the molecule is CC(C)(C)C(=O)C(O)(O)C(C)(C)C(=O)O.CC(C)(CO)COC(=O)C(C)(C)CO. The van der Waals surface area contributed by atoms with Crippen molar-refractivity contribution < 1.29 is 44.7 Å². The number of Topliss-reactive ketones (excluding diaryl/α,β-unsaturated/α-hetero) is 1. The van der Waals surface area contributed by atoms with E-state index in [-0.39, 0.29) is 19.8 Å². The van der Waals surface area contributed by atoms with Crippen LogP contribution in [0, 0.1) is 21.7 Å². The first-order chi connectivity index (χ1) is 12.6. The molecule has 0 rings (SSSR count). The number of rotatable bonds is 8. The highest BCUT2D eigenvalue weighted by Crippen LogP contribution is 2.35. The number of ether oxygens (including phenoxy) is 1. The van der Waals surface area contributed by atoms with Crippen LogP contribution in [-0.4, -0.2) is 68.9 Å². The number of aliphatic hydroxyl groups is 4. The molecule has 5 N–H and O–H groups in total. The van der Waals surface area contributed by atoms with Crippen molar-refractivity contribution in [2.75, 3.05) is 19.8 Å². The lowest BCUT2D eigenvalue weighted by Crippen LogP contribution is -2.58. The predicted molar refractivity (Wildman–Crippen MR) is 106 cm³/mol. The molecule has 0 aliphatic carbocycles. The minimum atomic E-state index is -2.88. The second-order valence-electron chi connectivity index (χ2n) is 10.1. The average Bonchev–Trinajstić information content (AvgIpc) is 2.58. The second kappa shape index (κ2) is 9.97. The molecule has 0 saturated heterocycles. The van der Waals surface area contributed by atoms with Crippen LogP contribution in [0.5, 0.6) is 0 Å². The van der Waals surface area contributed by atoms with Gasteiger partial charge < -0.3 is 30.3 Å². The van der Waals surface area contributed by atoms with Gasteiger partial charge in [-0.3, -0.25) is 14.4 Å². The van der Waals surface area contributed by atoms with Gasteiger partial charge in [0, 0.05) is 10.8 Å². The summed E-state index contributed by atoms with van der Waals surface area (Å²) >= 11 is 0. The van der Waals surface area contributed by atoms with Crippen molar-refractivity contribution in [2.45, 2.75) is 68.1 Å². The fourth-order valence-electron chi connectivity index (χ4n) is 1.52. The molecule has 0 aromatic carbocycles. The third-order valence-electron chi connectivity index (χ3n) is 4.37. The van der Waals surface area contributed by atoms with Gasteiger partial charge in [-0.05, 0) is 27.7 Å². The fraction of sp³-hybridized carbons (Fsp3) is 0.850. The molecule has 9 heteroatoms. The molecule has 29 heavy (non-hydrogen) atoms. The van der Waals surface area contributed by atoms with Gasteiger partial charge >= 0.3 is 11.9 Å². The van der Waals surface area contributed by atoms with E-state index in [4.69, 9.17) is 20.1 Å². The summed E-state index contributed by atoms with van der Waals surface area (Å²) in [6.45, 7) is 13.4. The maximum absolute atomic E-state index is 11.7. The van der Waals surface area contributed by atoms with Crippen molar-refractivity contribution >= 4 is 17.7 Å². The minimum absolute atomic E-state index is 0.0418. The largest absolute Gasteiger partial charge is 0.481 e. The number of aliphatic carboxylic acids is 1. The molecule has 0 radical (unpaired) electrons. The molecule has 0 unspecified atom stereocenters. The van der Waals surface area contributed by atoms with Crippen molar-refractivity contribution in [1.82, 2.24) is 0 Å². The van der Waals surface area contributed by atoms with E-state index < -0.39 is 45.2 Å². The highest BCUT2D eigenvalue weighted by atomic mass is 16.5. The number of carboxylic acid groups (broad SMARTS) is 1. The zero-order valence-electron chi connectivity index (χ0n) is 19.0. The summed E-state index contributed by atoms with van der Waals surface area (Å²) in [6, 6.07) is 0. The summed E-state index contributed by atoms with van der Waals surface area (Å²) in [5, 5.41) is 45.9. The minimum Gasteiger partial charge on any atom is -0.481 e. The molecule has 0 heterocycles. The number of ketones is 1. The summed E-state index contributed by atoms with van der Waals surface area (Å²) in [6.07, 6.45) is 0. The smallest absolute Gasteiger partial charge is 0.315 e. The third kappa shape index (κ3) is 8.38. The number of aliphatic hydroxyl groups excluding tert-OH is 2. The highest BCUT2D eigenvalue weighted by molar-refractivity contribution is 5.95. The van der Waals surface area contributed by atoms with Gasteiger partial charge in [0.15, 0.2) is 5.78 Å². The van der Waals surface area contributed by atoms with Gasteiger partial charge in [-0.15, -0.1) is 0 Å². The Morgan fingerprint density at radius 3 is 1.48 bits per heavy atom. The number of carbonyl (C=O) groups excluding carboxylic acids is 2. The van der Waals surface area contributed by atoms with Crippen LogP contribution in [0.2, 0.25) is 0 Å². The second-order valence-corrected chi connectivity index (χ2v) is 10.1. The van der Waals surface area contributed by atoms with E-state index in [0.29, 0.717) is 0 Å². The fourth-order valence-corrected chi connectivity index (χ4v) is 1.52. The van der Waals surface area contributed by atoms with Crippen molar-refractivity contribution in [3.8, 4) is 0 Å². The van der Waals surface area contributed by atoms with E-state index in [1.165, 1.54) is 20.8 Å². The summed E-state index contributed by atoms with van der Waals surface area (Å²) in [7, 11) is 0. The number of esters is 1. The van der Waals surface area contributed by atoms with Crippen LogP contribution in [0.25, 0.3) is 0 Å². The van der Waals surface area contributed by atoms with Crippen LogP contribution in [0.1, 0.15) is 62.3 Å². The maximum atomic E-state index is 11.7. The third-order valence-corrected chi connectivity index (χ3v) is 4.37. The zero-order chi connectivity index (χ0) is 24.1. The molecule has 172 valence electrons. The molecule has 0 aromatic rings. The summed E-state index contributed by atoms with van der Waals surface area (Å²) in [5.74, 6) is -5.68. The average molecular weight is 423 g/mol. The standard InChI is InChI=1S/C10H18O5.C10H20O4/c1-8(2,3)6(11)10(14,15)9(4,5)7(12)13;1-9(2,5-11)7-14-8(13)10(3,4)6-12/h14-15H,1-5H3,(H,12,13);11-12H,5-7H2,1-4H3. The molecule has 9 nitrogen and oxygen atoms in total. The maximum Gasteiger partial charge on any atom is 0.315 e. The molecule has 0 atom stereocenters. The lowest BCUT2D eigenvalue weighted by Gasteiger charge is -2.37. The molecule has 0 aromatic heterocycles. The summed E-state index contributed by atoms with van der Waals surface area (Å²) in [5.41, 5.74) is -4.26. The zero-order valence-corrected chi connectivity index (χ0v) is 19.0. The molecule has 0 amide bonds. The number of carboxylic acids is 1. The highest BCUT2D eigenvalue weighted by Gasteiger charge is 2.56. The first-order valence-electron chi connectivity index (χ1n) is 9.22. The van der Waals surface area contributed by atoms with Crippen LogP contribution < -0.4 is 0 Å². The number of carbonyl (C=O) groups is 3. The van der Waals surface area contributed by atoms with E-state index >= 15 is 0 Å².